The molecule has 0 saturated heterocycles. The molecule has 0 radical (unpaired) electrons. The number of aryl methyl sites for hydroxylation is 1. The van der Waals surface area contributed by atoms with Crippen molar-refractivity contribution in [1.82, 2.24) is 25.0 Å². The zero-order valence-corrected chi connectivity index (χ0v) is 14.5. The average Bonchev–Trinajstić information content (AvgIpc) is 2.86. The molecule has 0 fully saturated rings. The number of nitrogens with one attached hydrogen (secondary N) is 1. The standard InChI is InChI=1S/C16H22ClN5O/c1-4-22(10-13-5-7-14(17)8-6-13)11-16(23)18-9-15-20-19-12(2)21(15)3/h5-8H,4,9-11H2,1-3H3,(H,18,23). The highest BCUT2D eigenvalue weighted by molar-refractivity contribution is 6.30. The van der Waals surface area contributed by atoms with Gasteiger partial charge in [0.05, 0.1) is 13.1 Å². The van der Waals surface area contributed by atoms with Gasteiger partial charge in [-0.1, -0.05) is 30.7 Å². The number of aromatic nitrogens is 3. The second-order valence-corrected chi connectivity index (χ2v) is 5.87. The van der Waals surface area contributed by atoms with Crippen molar-refractivity contribution in [3.63, 3.8) is 0 Å². The van der Waals surface area contributed by atoms with Crippen molar-refractivity contribution < 1.29 is 4.79 Å². The van der Waals surface area contributed by atoms with Gasteiger partial charge in [-0.3, -0.25) is 9.69 Å². The summed E-state index contributed by atoms with van der Waals surface area (Å²) in [6.07, 6.45) is 0. The van der Waals surface area contributed by atoms with Gasteiger partial charge in [-0.2, -0.15) is 0 Å². The molecule has 1 amide bonds. The second-order valence-electron chi connectivity index (χ2n) is 5.43. The fourth-order valence-electron chi connectivity index (χ4n) is 2.17. The van der Waals surface area contributed by atoms with E-state index in [2.05, 4.69) is 20.4 Å². The lowest BCUT2D eigenvalue weighted by atomic mass is 10.2. The molecule has 0 saturated carbocycles. The van der Waals surface area contributed by atoms with E-state index in [-0.39, 0.29) is 5.91 Å². The summed E-state index contributed by atoms with van der Waals surface area (Å²) in [5.41, 5.74) is 1.13. The molecular weight excluding hydrogens is 314 g/mol. The first-order valence-corrected chi connectivity index (χ1v) is 7.95. The van der Waals surface area contributed by atoms with E-state index >= 15 is 0 Å². The van der Waals surface area contributed by atoms with Crippen molar-refractivity contribution in [2.24, 2.45) is 7.05 Å². The van der Waals surface area contributed by atoms with Crippen LogP contribution in [0.25, 0.3) is 0 Å². The lowest BCUT2D eigenvalue weighted by Crippen LogP contribution is -2.37. The summed E-state index contributed by atoms with van der Waals surface area (Å²) in [5, 5.41) is 11.6. The van der Waals surface area contributed by atoms with E-state index < -0.39 is 0 Å². The third kappa shape index (κ3) is 5.04. The summed E-state index contributed by atoms with van der Waals surface area (Å²) in [6.45, 7) is 6.15. The highest BCUT2D eigenvalue weighted by Gasteiger charge is 2.11. The first-order valence-electron chi connectivity index (χ1n) is 7.58. The number of hydrogen-bond acceptors (Lipinski definition) is 4. The van der Waals surface area contributed by atoms with Crippen LogP contribution >= 0.6 is 11.6 Å². The molecular formula is C16H22ClN5O. The first-order chi connectivity index (χ1) is 11.0. The summed E-state index contributed by atoms with van der Waals surface area (Å²) in [7, 11) is 1.88. The SMILES string of the molecule is CCN(CC(=O)NCc1nnc(C)n1C)Cc1ccc(Cl)cc1. The molecule has 0 unspecified atom stereocenters. The number of rotatable bonds is 7. The van der Waals surface area contributed by atoms with Crippen molar-refractivity contribution >= 4 is 17.5 Å². The predicted octanol–water partition coefficient (Wildman–Crippen LogP) is 1.92. The Balaban J connectivity index is 1.84. The van der Waals surface area contributed by atoms with Crippen LogP contribution in [0.4, 0.5) is 0 Å². The highest BCUT2D eigenvalue weighted by Crippen LogP contribution is 2.11. The molecule has 0 atom stereocenters. The van der Waals surface area contributed by atoms with E-state index in [0.29, 0.717) is 24.7 Å². The third-order valence-electron chi connectivity index (χ3n) is 3.76. The zero-order valence-electron chi connectivity index (χ0n) is 13.7. The molecule has 2 aromatic rings. The van der Waals surface area contributed by atoms with Crippen molar-refractivity contribution in [3.05, 3.63) is 46.5 Å². The maximum absolute atomic E-state index is 12.1. The van der Waals surface area contributed by atoms with Crippen LogP contribution in [0.15, 0.2) is 24.3 Å². The molecule has 0 aliphatic heterocycles. The summed E-state index contributed by atoms with van der Waals surface area (Å²) < 4.78 is 1.87. The number of likely N-dealkylation sites (N-methyl/N-ethyl adjacent to an activating group) is 1. The molecule has 0 aliphatic rings. The van der Waals surface area contributed by atoms with Crippen molar-refractivity contribution in [2.45, 2.75) is 26.9 Å². The van der Waals surface area contributed by atoms with Gasteiger partial charge in [0.1, 0.15) is 5.82 Å². The summed E-state index contributed by atoms with van der Waals surface area (Å²) in [5.74, 6) is 1.55. The molecule has 7 heteroatoms. The molecule has 23 heavy (non-hydrogen) atoms. The lowest BCUT2D eigenvalue weighted by Gasteiger charge is -2.20. The maximum atomic E-state index is 12.1. The number of carbonyl (C=O) groups is 1. The van der Waals surface area contributed by atoms with Gasteiger partial charge in [-0.25, -0.2) is 0 Å². The molecule has 2 rings (SSSR count). The fraction of sp³-hybridized carbons (Fsp3) is 0.438. The molecule has 1 aromatic carbocycles. The number of carbonyl (C=O) groups excluding carboxylic acids is 1. The number of halogens is 1. The number of benzene rings is 1. The zero-order chi connectivity index (χ0) is 16.8. The van der Waals surface area contributed by atoms with E-state index in [1.165, 1.54) is 0 Å². The predicted molar refractivity (Wildman–Crippen MR) is 90.0 cm³/mol. The Labute approximate surface area is 141 Å². The van der Waals surface area contributed by atoms with Gasteiger partial charge in [0.2, 0.25) is 5.91 Å². The average molecular weight is 336 g/mol. The minimum Gasteiger partial charge on any atom is -0.348 e. The Morgan fingerprint density at radius 1 is 1.30 bits per heavy atom. The van der Waals surface area contributed by atoms with Crippen LogP contribution in [-0.4, -0.2) is 38.7 Å². The van der Waals surface area contributed by atoms with Crippen molar-refractivity contribution in [1.29, 1.82) is 0 Å². The van der Waals surface area contributed by atoms with E-state index in [0.717, 1.165) is 23.8 Å². The molecule has 1 aromatic heterocycles. The van der Waals surface area contributed by atoms with Crippen LogP contribution in [0.2, 0.25) is 5.02 Å². The molecule has 1 N–H and O–H groups in total. The van der Waals surface area contributed by atoms with Crippen LogP contribution in [0, 0.1) is 6.92 Å². The van der Waals surface area contributed by atoms with Gasteiger partial charge in [0.15, 0.2) is 5.82 Å². The van der Waals surface area contributed by atoms with Crippen LogP contribution in [0.3, 0.4) is 0 Å². The molecule has 124 valence electrons. The Hall–Kier alpha value is -1.92. The van der Waals surface area contributed by atoms with Gasteiger partial charge in [0, 0.05) is 18.6 Å². The minimum atomic E-state index is -0.0264. The van der Waals surface area contributed by atoms with E-state index in [9.17, 15) is 4.79 Å². The molecule has 0 bridgehead atoms. The molecule has 0 aliphatic carbocycles. The monoisotopic (exact) mass is 335 g/mol. The van der Waals surface area contributed by atoms with Gasteiger partial charge >= 0.3 is 0 Å². The minimum absolute atomic E-state index is 0.0264. The first kappa shape index (κ1) is 17.4. The van der Waals surface area contributed by atoms with E-state index in [4.69, 9.17) is 11.6 Å². The molecule has 0 spiro atoms. The van der Waals surface area contributed by atoms with Gasteiger partial charge in [0.25, 0.3) is 0 Å². The molecule has 1 heterocycles. The Morgan fingerprint density at radius 3 is 2.57 bits per heavy atom. The maximum Gasteiger partial charge on any atom is 0.234 e. The summed E-state index contributed by atoms with van der Waals surface area (Å²) >= 11 is 5.89. The molecule has 6 nitrogen and oxygen atoms in total. The highest BCUT2D eigenvalue weighted by atomic mass is 35.5. The van der Waals surface area contributed by atoms with Crippen LogP contribution in [-0.2, 0) is 24.9 Å². The Morgan fingerprint density at radius 2 is 2.00 bits per heavy atom. The van der Waals surface area contributed by atoms with Crippen LogP contribution in [0.1, 0.15) is 24.1 Å². The van der Waals surface area contributed by atoms with Crippen molar-refractivity contribution in [3.8, 4) is 0 Å². The lowest BCUT2D eigenvalue weighted by molar-refractivity contribution is -0.122. The summed E-state index contributed by atoms with van der Waals surface area (Å²) in [4.78, 5) is 14.2. The fourth-order valence-corrected chi connectivity index (χ4v) is 2.30. The quantitative estimate of drug-likeness (QED) is 0.839. The van der Waals surface area contributed by atoms with Gasteiger partial charge in [-0.15, -0.1) is 10.2 Å². The third-order valence-corrected chi connectivity index (χ3v) is 4.01. The van der Waals surface area contributed by atoms with Crippen LogP contribution in [0.5, 0.6) is 0 Å². The normalized spacial score (nSPS) is 11.0. The number of hydrogen-bond donors (Lipinski definition) is 1. The second kappa shape index (κ2) is 8.08. The Kier molecular flexibility index (Phi) is 6.12. The van der Waals surface area contributed by atoms with Gasteiger partial charge in [-0.05, 0) is 31.2 Å². The Bertz CT molecular complexity index is 653. The van der Waals surface area contributed by atoms with Crippen LogP contribution < -0.4 is 5.32 Å². The topological polar surface area (TPSA) is 63.1 Å². The largest absolute Gasteiger partial charge is 0.348 e. The summed E-state index contributed by atoms with van der Waals surface area (Å²) in [6, 6.07) is 7.68. The smallest absolute Gasteiger partial charge is 0.234 e. The van der Waals surface area contributed by atoms with Crippen molar-refractivity contribution in [2.75, 3.05) is 13.1 Å². The van der Waals surface area contributed by atoms with Gasteiger partial charge < -0.3 is 9.88 Å². The number of amides is 1. The number of nitrogens with zero attached hydrogens (tertiary/aromatic N) is 4. The van der Waals surface area contributed by atoms with E-state index in [1.807, 2.05) is 49.7 Å². The van der Waals surface area contributed by atoms with E-state index in [1.54, 1.807) is 0 Å².